The lowest BCUT2D eigenvalue weighted by atomic mass is 9.71. The largest absolute Gasteiger partial charge is 0.385 e. The summed E-state index contributed by atoms with van der Waals surface area (Å²) in [5.41, 5.74) is 2.06. The van der Waals surface area contributed by atoms with E-state index in [1.807, 2.05) is 48.5 Å². The van der Waals surface area contributed by atoms with Crippen molar-refractivity contribution < 1.29 is 43.9 Å². The van der Waals surface area contributed by atoms with Gasteiger partial charge in [-0.1, -0.05) is 62.4 Å². The van der Waals surface area contributed by atoms with Gasteiger partial charge in [-0.05, 0) is 138 Å². The first kappa shape index (κ1) is 52.3. The molecule has 2 atom stereocenters. The fourth-order valence-corrected chi connectivity index (χ4v) is 10.4. The third kappa shape index (κ3) is 16.9. The lowest BCUT2D eigenvalue weighted by molar-refractivity contribution is -0.0210. The van der Waals surface area contributed by atoms with E-state index in [1.165, 1.54) is 0 Å². The SMILES string of the molecule is CC(CNS(=O)(=O)C(C)C)C1CCC(O)(c2ccc(CCNS(C)(=O)=O)cc2)CC1.CC(CNS(=O)(=O)C(C)C)C1CCC(O)(c2ccc(CCNS(C)(=O)=O)cc2)CC1. The molecule has 2 aromatic rings. The number of aliphatic hydroxyl groups is 2. The standard InChI is InChI=1S/2C21H36N2O5S2/c2*1-16(2)30(27,28)23-15-17(3)19-9-12-21(24,13-10-19)20-7-5-18(6-8-20)11-14-22-29(4,25)26/h2*5-8,16-17,19,22-24H,9-15H2,1-4H3. The monoisotopic (exact) mass is 920 g/mol. The second-order valence-electron chi connectivity index (χ2n) is 17.8. The molecule has 2 fully saturated rings. The third-order valence-electron chi connectivity index (χ3n) is 12.3. The molecule has 2 unspecified atom stereocenters. The van der Waals surface area contributed by atoms with Crippen LogP contribution in [0, 0.1) is 23.7 Å². The van der Waals surface area contributed by atoms with E-state index in [1.54, 1.807) is 27.7 Å². The summed E-state index contributed by atoms with van der Waals surface area (Å²) >= 11 is 0. The van der Waals surface area contributed by atoms with Crippen LogP contribution in [-0.4, -0.2) is 93.1 Å². The van der Waals surface area contributed by atoms with Crippen molar-refractivity contribution in [2.24, 2.45) is 23.7 Å². The van der Waals surface area contributed by atoms with Gasteiger partial charge in [0.1, 0.15) is 0 Å². The van der Waals surface area contributed by atoms with Crippen molar-refractivity contribution in [3.8, 4) is 0 Å². The van der Waals surface area contributed by atoms with E-state index >= 15 is 0 Å². The second-order valence-corrected chi connectivity index (χ2v) is 26.1. The van der Waals surface area contributed by atoms with Gasteiger partial charge in [0, 0.05) is 26.2 Å². The number of benzene rings is 2. The van der Waals surface area contributed by atoms with Gasteiger partial charge in [0.25, 0.3) is 0 Å². The molecule has 18 heteroatoms. The van der Waals surface area contributed by atoms with Crippen LogP contribution in [0.25, 0.3) is 0 Å². The first-order valence-electron chi connectivity index (χ1n) is 21.1. The van der Waals surface area contributed by atoms with E-state index in [0.717, 1.165) is 60.4 Å². The Bertz CT molecular complexity index is 1930. The molecule has 2 aromatic carbocycles. The highest BCUT2D eigenvalue weighted by atomic mass is 32.2. The van der Waals surface area contributed by atoms with Gasteiger partial charge in [-0.2, -0.15) is 0 Å². The Morgan fingerprint density at radius 3 is 1.05 bits per heavy atom. The molecule has 0 spiro atoms. The summed E-state index contributed by atoms with van der Waals surface area (Å²) in [5.74, 6) is 1.18. The van der Waals surface area contributed by atoms with Gasteiger partial charge in [-0.25, -0.2) is 52.6 Å². The minimum Gasteiger partial charge on any atom is -0.385 e. The molecule has 60 heavy (non-hydrogen) atoms. The molecule has 0 aliphatic heterocycles. The van der Waals surface area contributed by atoms with Crippen molar-refractivity contribution in [3.63, 3.8) is 0 Å². The van der Waals surface area contributed by atoms with Crippen LogP contribution in [0.1, 0.15) is 115 Å². The van der Waals surface area contributed by atoms with Crippen LogP contribution in [0.5, 0.6) is 0 Å². The van der Waals surface area contributed by atoms with E-state index in [2.05, 4.69) is 32.7 Å². The summed E-state index contributed by atoms with van der Waals surface area (Å²) in [6.45, 7) is 12.4. The van der Waals surface area contributed by atoms with Gasteiger partial charge in [0.15, 0.2) is 0 Å². The van der Waals surface area contributed by atoms with Gasteiger partial charge < -0.3 is 10.2 Å². The van der Waals surface area contributed by atoms with Crippen LogP contribution in [0.2, 0.25) is 0 Å². The Morgan fingerprint density at radius 1 is 0.517 bits per heavy atom. The summed E-state index contributed by atoms with van der Waals surface area (Å²) < 4.78 is 103. The molecule has 0 heterocycles. The van der Waals surface area contributed by atoms with E-state index in [4.69, 9.17) is 0 Å². The molecule has 2 saturated carbocycles. The zero-order valence-corrected chi connectivity index (χ0v) is 40.0. The van der Waals surface area contributed by atoms with E-state index in [9.17, 15) is 43.9 Å². The highest BCUT2D eigenvalue weighted by Gasteiger charge is 2.38. The Morgan fingerprint density at radius 2 is 0.800 bits per heavy atom. The molecule has 6 N–H and O–H groups in total. The third-order valence-corrected chi connectivity index (χ3v) is 17.4. The molecule has 2 aliphatic rings. The Balaban J connectivity index is 0.000000320. The zero-order chi connectivity index (χ0) is 45.2. The minimum atomic E-state index is -3.25. The van der Waals surface area contributed by atoms with Gasteiger partial charge in [0.05, 0.1) is 34.2 Å². The molecule has 14 nitrogen and oxygen atoms in total. The van der Waals surface area contributed by atoms with Crippen LogP contribution in [-0.2, 0) is 64.1 Å². The highest BCUT2D eigenvalue weighted by Crippen LogP contribution is 2.43. The summed E-state index contributed by atoms with van der Waals surface area (Å²) in [5, 5.41) is 21.4. The smallest absolute Gasteiger partial charge is 0.213 e. The zero-order valence-electron chi connectivity index (χ0n) is 36.8. The average molecular weight is 921 g/mol. The molecule has 0 radical (unpaired) electrons. The van der Waals surface area contributed by atoms with Crippen molar-refractivity contribution in [2.45, 2.75) is 127 Å². The maximum Gasteiger partial charge on any atom is 0.213 e. The number of sulfonamides is 4. The second kappa shape index (κ2) is 22.1. The Labute approximate surface area is 361 Å². The van der Waals surface area contributed by atoms with Crippen LogP contribution < -0.4 is 18.9 Å². The van der Waals surface area contributed by atoms with Gasteiger partial charge in [0.2, 0.25) is 40.1 Å². The molecule has 0 bridgehead atoms. The topological polar surface area (TPSA) is 225 Å². The highest BCUT2D eigenvalue weighted by molar-refractivity contribution is 7.90. The number of nitrogens with one attached hydrogen (secondary N) is 4. The van der Waals surface area contributed by atoms with Crippen molar-refractivity contribution in [3.05, 3.63) is 70.8 Å². The fraction of sp³-hybridized carbons (Fsp3) is 0.714. The summed E-state index contributed by atoms with van der Waals surface area (Å²) in [6.07, 6.45) is 9.45. The maximum atomic E-state index is 12.0. The molecular weight excluding hydrogens is 849 g/mol. The van der Waals surface area contributed by atoms with Gasteiger partial charge >= 0.3 is 0 Å². The normalized spacial score (nSPS) is 24.1. The van der Waals surface area contributed by atoms with Crippen molar-refractivity contribution in [1.29, 1.82) is 0 Å². The molecule has 344 valence electrons. The van der Waals surface area contributed by atoms with Crippen LogP contribution >= 0.6 is 0 Å². The number of rotatable bonds is 20. The number of hydrogen-bond acceptors (Lipinski definition) is 10. The first-order chi connectivity index (χ1) is 27.6. The lowest BCUT2D eigenvalue weighted by Gasteiger charge is -2.38. The van der Waals surface area contributed by atoms with Crippen LogP contribution in [0.3, 0.4) is 0 Å². The predicted octanol–water partition coefficient (Wildman–Crippen LogP) is 4.24. The van der Waals surface area contributed by atoms with Gasteiger partial charge in [-0.3, -0.25) is 0 Å². The molecular formula is C42H72N4O10S4. The molecule has 4 rings (SSSR count). The Kier molecular flexibility index (Phi) is 19.3. The van der Waals surface area contributed by atoms with Crippen molar-refractivity contribution in [1.82, 2.24) is 18.9 Å². The lowest BCUT2D eigenvalue weighted by Crippen LogP contribution is -2.38. The maximum absolute atomic E-state index is 12.0. The van der Waals surface area contributed by atoms with Crippen LogP contribution in [0.15, 0.2) is 48.5 Å². The van der Waals surface area contributed by atoms with E-state index in [-0.39, 0.29) is 11.8 Å². The molecule has 0 amide bonds. The molecule has 2 aliphatic carbocycles. The Hall–Kier alpha value is -2.00. The fourth-order valence-electron chi connectivity index (χ4n) is 7.84. The van der Waals surface area contributed by atoms with Crippen molar-refractivity contribution >= 4 is 40.1 Å². The van der Waals surface area contributed by atoms with E-state index in [0.29, 0.717) is 76.5 Å². The first-order valence-corrected chi connectivity index (χ1v) is 28.0. The minimum absolute atomic E-state index is 0.216. The van der Waals surface area contributed by atoms with E-state index < -0.39 is 61.8 Å². The number of hydrogen-bond donors (Lipinski definition) is 6. The quantitative estimate of drug-likeness (QED) is 0.111. The predicted molar refractivity (Wildman–Crippen MR) is 240 cm³/mol. The summed E-state index contributed by atoms with van der Waals surface area (Å²) in [7, 11) is -12.9. The summed E-state index contributed by atoms with van der Waals surface area (Å²) in [6, 6.07) is 15.5. The van der Waals surface area contributed by atoms with Gasteiger partial charge in [-0.15, -0.1) is 0 Å². The average Bonchev–Trinajstić information content (AvgIpc) is 3.16. The van der Waals surface area contributed by atoms with Crippen molar-refractivity contribution in [2.75, 3.05) is 38.7 Å². The molecule has 0 aromatic heterocycles. The van der Waals surface area contributed by atoms with Crippen LogP contribution in [0.4, 0.5) is 0 Å². The molecule has 0 saturated heterocycles. The summed E-state index contributed by atoms with van der Waals surface area (Å²) in [4.78, 5) is 0.